The van der Waals surface area contributed by atoms with E-state index in [-0.39, 0.29) is 11.9 Å². The van der Waals surface area contributed by atoms with Gasteiger partial charge in [-0.05, 0) is 11.8 Å². The molecular weight excluding hydrogens is 258 g/mol. The number of ether oxygens (including phenoxy) is 1. The van der Waals surface area contributed by atoms with Gasteiger partial charge in [-0.15, -0.1) is 0 Å². The van der Waals surface area contributed by atoms with E-state index in [1.807, 2.05) is 27.7 Å². The number of hydrogen-bond donors (Lipinski definition) is 3. The summed E-state index contributed by atoms with van der Waals surface area (Å²) in [6.07, 6.45) is 0.539. The highest BCUT2D eigenvalue weighted by Crippen LogP contribution is 1.97. The van der Waals surface area contributed by atoms with Gasteiger partial charge in [-0.25, -0.2) is 4.79 Å². The van der Waals surface area contributed by atoms with Gasteiger partial charge in [0, 0.05) is 26.1 Å². The van der Waals surface area contributed by atoms with E-state index in [0.717, 1.165) is 0 Å². The molecule has 0 rings (SSSR count). The standard InChI is InChI=1S/C14H29N3O3/c1-11(2)9-13(18)15-5-7-20-8-6-16-14(19)17-10-12(3)4/h11-12H,5-10H2,1-4H3,(H,15,18)(H2,16,17,19). The van der Waals surface area contributed by atoms with Crippen LogP contribution in [-0.4, -0.2) is 44.8 Å². The third-order valence-electron chi connectivity index (χ3n) is 2.37. The first-order valence-corrected chi connectivity index (χ1v) is 7.28. The Morgan fingerprint density at radius 2 is 1.50 bits per heavy atom. The fourth-order valence-corrected chi connectivity index (χ4v) is 1.40. The number of carbonyl (C=O) groups is 2. The van der Waals surface area contributed by atoms with Gasteiger partial charge in [0.05, 0.1) is 13.2 Å². The molecule has 0 aliphatic carbocycles. The lowest BCUT2D eigenvalue weighted by atomic mass is 10.1. The highest BCUT2D eigenvalue weighted by molar-refractivity contribution is 5.76. The summed E-state index contributed by atoms with van der Waals surface area (Å²) < 4.78 is 5.31. The summed E-state index contributed by atoms with van der Waals surface area (Å²) in [4.78, 5) is 22.6. The van der Waals surface area contributed by atoms with E-state index in [0.29, 0.717) is 51.1 Å². The number of amides is 3. The summed E-state index contributed by atoms with van der Waals surface area (Å²) in [6, 6.07) is -0.174. The Balaban J connectivity index is 3.32. The summed E-state index contributed by atoms with van der Waals surface area (Å²) in [5.41, 5.74) is 0. The molecule has 0 aromatic heterocycles. The predicted molar refractivity (Wildman–Crippen MR) is 79.5 cm³/mol. The summed E-state index contributed by atoms with van der Waals surface area (Å²) in [7, 11) is 0. The Morgan fingerprint density at radius 1 is 0.900 bits per heavy atom. The highest BCUT2D eigenvalue weighted by Gasteiger charge is 2.03. The van der Waals surface area contributed by atoms with Crippen LogP contribution >= 0.6 is 0 Å². The normalized spacial score (nSPS) is 10.7. The van der Waals surface area contributed by atoms with E-state index in [9.17, 15) is 9.59 Å². The second-order valence-electron chi connectivity index (χ2n) is 5.59. The van der Waals surface area contributed by atoms with Crippen LogP contribution in [0.1, 0.15) is 34.1 Å². The van der Waals surface area contributed by atoms with Crippen molar-refractivity contribution in [2.45, 2.75) is 34.1 Å². The molecule has 0 fully saturated rings. The topological polar surface area (TPSA) is 79.5 Å². The van der Waals surface area contributed by atoms with Crippen molar-refractivity contribution in [1.82, 2.24) is 16.0 Å². The molecule has 0 saturated carbocycles. The van der Waals surface area contributed by atoms with Crippen molar-refractivity contribution in [1.29, 1.82) is 0 Å². The summed E-state index contributed by atoms with van der Waals surface area (Å²) in [5, 5.41) is 8.24. The quantitative estimate of drug-likeness (QED) is 0.527. The Morgan fingerprint density at radius 3 is 2.05 bits per heavy atom. The van der Waals surface area contributed by atoms with Crippen LogP contribution in [-0.2, 0) is 9.53 Å². The van der Waals surface area contributed by atoms with Gasteiger partial charge in [-0.2, -0.15) is 0 Å². The molecule has 0 aromatic rings. The van der Waals surface area contributed by atoms with Crippen LogP contribution < -0.4 is 16.0 Å². The molecule has 0 aliphatic rings. The van der Waals surface area contributed by atoms with Crippen LogP contribution in [0.5, 0.6) is 0 Å². The molecule has 0 heterocycles. The van der Waals surface area contributed by atoms with E-state index in [2.05, 4.69) is 16.0 Å². The summed E-state index contributed by atoms with van der Waals surface area (Å²) in [6.45, 7) is 10.6. The molecule has 20 heavy (non-hydrogen) atoms. The maximum absolute atomic E-state index is 11.3. The number of carbonyl (C=O) groups excluding carboxylic acids is 2. The van der Waals surface area contributed by atoms with Crippen LogP contribution in [0.15, 0.2) is 0 Å². The number of urea groups is 1. The molecule has 0 bridgehead atoms. The maximum atomic E-state index is 11.3. The predicted octanol–water partition coefficient (Wildman–Crippen LogP) is 1.12. The first kappa shape index (κ1) is 18.7. The van der Waals surface area contributed by atoms with Crippen LogP contribution in [0.2, 0.25) is 0 Å². The fourth-order valence-electron chi connectivity index (χ4n) is 1.40. The first-order chi connectivity index (χ1) is 9.41. The van der Waals surface area contributed by atoms with Gasteiger partial charge in [0.25, 0.3) is 0 Å². The monoisotopic (exact) mass is 287 g/mol. The van der Waals surface area contributed by atoms with E-state index < -0.39 is 0 Å². The molecule has 0 spiro atoms. The van der Waals surface area contributed by atoms with Gasteiger partial charge in [-0.1, -0.05) is 27.7 Å². The largest absolute Gasteiger partial charge is 0.378 e. The number of nitrogens with one attached hydrogen (secondary N) is 3. The van der Waals surface area contributed by atoms with Crippen molar-refractivity contribution < 1.29 is 14.3 Å². The second kappa shape index (κ2) is 11.5. The third kappa shape index (κ3) is 13.1. The Labute approximate surface area is 122 Å². The molecule has 0 aliphatic heterocycles. The Bertz CT molecular complexity index is 281. The molecule has 0 atom stereocenters. The van der Waals surface area contributed by atoms with Gasteiger partial charge >= 0.3 is 6.03 Å². The first-order valence-electron chi connectivity index (χ1n) is 7.28. The van der Waals surface area contributed by atoms with E-state index in [1.54, 1.807) is 0 Å². The summed E-state index contributed by atoms with van der Waals surface area (Å²) in [5.74, 6) is 0.853. The molecule has 0 radical (unpaired) electrons. The smallest absolute Gasteiger partial charge is 0.314 e. The minimum absolute atomic E-state index is 0.0507. The second-order valence-corrected chi connectivity index (χ2v) is 5.59. The van der Waals surface area contributed by atoms with Crippen molar-refractivity contribution in [3.8, 4) is 0 Å². The van der Waals surface area contributed by atoms with Crippen LogP contribution in [0.25, 0.3) is 0 Å². The zero-order valence-electron chi connectivity index (χ0n) is 13.1. The lowest BCUT2D eigenvalue weighted by molar-refractivity contribution is -0.122. The number of rotatable bonds is 10. The van der Waals surface area contributed by atoms with Crippen LogP contribution in [0.3, 0.4) is 0 Å². The average molecular weight is 287 g/mol. The molecule has 3 amide bonds. The summed E-state index contributed by atoms with van der Waals surface area (Å²) >= 11 is 0. The highest BCUT2D eigenvalue weighted by atomic mass is 16.5. The average Bonchev–Trinajstić information content (AvgIpc) is 2.34. The van der Waals surface area contributed by atoms with Gasteiger partial charge in [0.2, 0.25) is 5.91 Å². The third-order valence-corrected chi connectivity index (χ3v) is 2.37. The SMILES string of the molecule is CC(C)CNC(=O)NCCOCCNC(=O)CC(C)C. The molecule has 0 unspecified atom stereocenters. The lowest BCUT2D eigenvalue weighted by Gasteiger charge is -2.10. The fraction of sp³-hybridized carbons (Fsp3) is 0.857. The molecule has 118 valence electrons. The van der Waals surface area contributed by atoms with Gasteiger partial charge in [0.15, 0.2) is 0 Å². The van der Waals surface area contributed by atoms with Crippen LogP contribution in [0.4, 0.5) is 4.79 Å². The van der Waals surface area contributed by atoms with Crippen molar-refractivity contribution in [2.24, 2.45) is 11.8 Å². The molecular formula is C14H29N3O3. The van der Waals surface area contributed by atoms with E-state index >= 15 is 0 Å². The van der Waals surface area contributed by atoms with Gasteiger partial charge < -0.3 is 20.7 Å². The Hall–Kier alpha value is -1.30. The number of hydrogen-bond acceptors (Lipinski definition) is 3. The lowest BCUT2D eigenvalue weighted by Crippen LogP contribution is -2.39. The molecule has 0 aromatic carbocycles. The minimum atomic E-state index is -0.174. The zero-order valence-corrected chi connectivity index (χ0v) is 13.1. The van der Waals surface area contributed by atoms with Crippen molar-refractivity contribution >= 4 is 11.9 Å². The van der Waals surface area contributed by atoms with E-state index in [1.165, 1.54) is 0 Å². The molecule has 3 N–H and O–H groups in total. The minimum Gasteiger partial charge on any atom is -0.378 e. The Kier molecular flexibility index (Phi) is 10.8. The molecule has 6 nitrogen and oxygen atoms in total. The van der Waals surface area contributed by atoms with E-state index in [4.69, 9.17) is 4.74 Å². The van der Waals surface area contributed by atoms with Crippen LogP contribution in [0, 0.1) is 11.8 Å². The molecule has 0 saturated heterocycles. The van der Waals surface area contributed by atoms with Gasteiger partial charge in [-0.3, -0.25) is 4.79 Å². The van der Waals surface area contributed by atoms with Gasteiger partial charge in [0.1, 0.15) is 0 Å². The zero-order chi connectivity index (χ0) is 15.4. The van der Waals surface area contributed by atoms with Crippen molar-refractivity contribution in [2.75, 3.05) is 32.8 Å². The molecule has 6 heteroatoms. The maximum Gasteiger partial charge on any atom is 0.314 e. The van der Waals surface area contributed by atoms with Crippen molar-refractivity contribution in [3.05, 3.63) is 0 Å². The van der Waals surface area contributed by atoms with Crippen molar-refractivity contribution in [3.63, 3.8) is 0 Å².